The van der Waals surface area contributed by atoms with Crippen molar-refractivity contribution in [1.29, 1.82) is 5.26 Å². The number of carbonyl (C=O) groups excluding carboxylic acids is 1. The molecule has 0 aliphatic heterocycles. The molecule has 0 aliphatic rings. The Balaban J connectivity index is 2.27. The van der Waals surface area contributed by atoms with E-state index in [4.69, 9.17) is 5.26 Å². The fraction of sp³-hybridized carbons (Fsp3) is 0.312. The van der Waals surface area contributed by atoms with Crippen LogP contribution in [0.25, 0.3) is 0 Å². The summed E-state index contributed by atoms with van der Waals surface area (Å²) in [6.45, 7) is 3.03. The topological polar surface area (TPSA) is 108 Å². The van der Waals surface area contributed by atoms with E-state index < -0.39 is 15.9 Å². The molecule has 0 spiro atoms. The van der Waals surface area contributed by atoms with E-state index in [-0.39, 0.29) is 11.4 Å². The molecule has 0 unspecified atom stereocenters. The molecule has 132 valence electrons. The van der Waals surface area contributed by atoms with Crippen LogP contribution in [0, 0.1) is 25.2 Å². The normalized spacial score (nSPS) is 11.4. The van der Waals surface area contributed by atoms with E-state index in [1.807, 2.05) is 6.07 Å². The summed E-state index contributed by atoms with van der Waals surface area (Å²) < 4.78 is 27.2. The molecule has 25 heavy (non-hydrogen) atoms. The maximum Gasteiger partial charge on any atom is 0.246 e. The molecule has 0 radical (unpaired) electrons. The minimum Gasteiger partial charge on any atom is -0.323 e. The van der Waals surface area contributed by atoms with E-state index in [9.17, 15) is 13.2 Å². The van der Waals surface area contributed by atoms with Gasteiger partial charge in [0.05, 0.1) is 22.6 Å². The van der Waals surface area contributed by atoms with Crippen molar-refractivity contribution in [3.8, 4) is 6.07 Å². The van der Waals surface area contributed by atoms with Gasteiger partial charge in [0, 0.05) is 14.1 Å². The molecule has 0 saturated carbocycles. The summed E-state index contributed by atoms with van der Waals surface area (Å²) in [7, 11) is -0.764. The minimum absolute atomic E-state index is 0.0997. The van der Waals surface area contributed by atoms with Crippen LogP contribution in [0.5, 0.6) is 0 Å². The van der Waals surface area contributed by atoms with Crippen LogP contribution in [0.4, 0.5) is 5.69 Å². The standard InChI is InChI=1S/C16H19N5O3S/c1-11-16(25(23,24)20(3)4)12(2)21(19-11)10-15(22)18-14-8-6-5-7-13(14)9-17/h5-8H,10H2,1-4H3,(H,18,22). The first-order valence-corrected chi connectivity index (χ1v) is 8.88. The summed E-state index contributed by atoms with van der Waals surface area (Å²) in [5.41, 5.74) is 1.46. The maximum atomic E-state index is 12.4. The quantitative estimate of drug-likeness (QED) is 0.862. The van der Waals surface area contributed by atoms with Crippen LogP contribution in [-0.4, -0.2) is 42.5 Å². The number of nitrogens with one attached hydrogen (secondary N) is 1. The molecule has 1 aromatic heterocycles. The van der Waals surface area contributed by atoms with Crippen LogP contribution in [0.2, 0.25) is 0 Å². The second-order valence-corrected chi connectivity index (χ2v) is 7.74. The molecule has 0 aliphatic carbocycles. The Labute approximate surface area is 146 Å². The number of sulfonamides is 1. The summed E-state index contributed by atoms with van der Waals surface area (Å²) in [6.07, 6.45) is 0. The summed E-state index contributed by atoms with van der Waals surface area (Å²) in [5.74, 6) is -0.401. The molecule has 1 aromatic carbocycles. The first-order chi connectivity index (χ1) is 11.7. The van der Waals surface area contributed by atoms with Crippen molar-refractivity contribution in [2.45, 2.75) is 25.3 Å². The lowest BCUT2D eigenvalue weighted by Crippen LogP contribution is -2.24. The summed E-state index contributed by atoms with van der Waals surface area (Å²) in [6, 6.07) is 8.63. The van der Waals surface area contributed by atoms with Crippen LogP contribution < -0.4 is 5.32 Å². The Hall–Kier alpha value is -2.70. The van der Waals surface area contributed by atoms with Gasteiger partial charge in [-0.2, -0.15) is 10.4 Å². The lowest BCUT2D eigenvalue weighted by Gasteiger charge is -2.12. The van der Waals surface area contributed by atoms with Gasteiger partial charge < -0.3 is 5.32 Å². The molecule has 1 N–H and O–H groups in total. The Morgan fingerprint density at radius 2 is 1.96 bits per heavy atom. The first kappa shape index (κ1) is 18.6. The van der Waals surface area contributed by atoms with E-state index in [0.29, 0.717) is 22.6 Å². The van der Waals surface area contributed by atoms with Crippen LogP contribution in [-0.2, 0) is 21.4 Å². The van der Waals surface area contributed by atoms with E-state index in [1.54, 1.807) is 38.1 Å². The number of aryl methyl sites for hydroxylation is 1. The van der Waals surface area contributed by atoms with Gasteiger partial charge in [0.15, 0.2) is 0 Å². The second-order valence-electron chi connectivity index (χ2n) is 5.65. The average molecular weight is 361 g/mol. The van der Waals surface area contributed by atoms with Crippen molar-refractivity contribution in [3.05, 3.63) is 41.2 Å². The number of aromatic nitrogens is 2. The number of benzene rings is 1. The van der Waals surface area contributed by atoms with Gasteiger partial charge in [0.25, 0.3) is 0 Å². The average Bonchev–Trinajstić information content (AvgIpc) is 2.81. The molecule has 1 heterocycles. The number of carbonyl (C=O) groups is 1. The molecule has 0 fully saturated rings. The van der Waals surface area contributed by atoms with Gasteiger partial charge in [-0.15, -0.1) is 0 Å². The number of nitriles is 1. The molecule has 0 atom stereocenters. The number of rotatable bonds is 5. The minimum atomic E-state index is -3.65. The lowest BCUT2D eigenvalue weighted by molar-refractivity contribution is -0.116. The van der Waals surface area contributed by atoms with Crippen LogP contribution in [0.3, 0.4) is 0 Å². The van der Waals surface area contributed by atoms with E-state index in [1.165, 1.54) is 18.8 Å². The van der Waals surface area contributed by atoms with Gasteiger partial charge in [-0.1, -0.05) is 12.1 Å². The van der Waals surface area contributed by atoms with Crippen molar-refractivity contribution in [3.63, 3.8) is 0 Å². The van der Waals surface area contributed by atoms with Crippen LogP contribution in [0.15, 0.2) is 29.2 Å². The van der Waals surface area contributed by atoms with Crippen molar-refractivity contribution < 1.29 is 13.2 Å². The SMILES string of the molecule is Cc1nn(CC(=O)Nc2ccccc2C#N)c(C)c1S(=O)(=O)N(C)C. The van der Waals surface area contributed by atoms with Crippen LogP contribution in [0.1, 0.15) is 17.0 Å². The van der Waals surface area contributed by atoms with E-state index >= 15 is 0 Å². The smallest absolute Gasteiger partial charge is 0.246 e. The number of amides is 1. The van der Waals surface area contributed by atoms with Gasteiger partial charge in [0.1, 0.15) is 17.5 Å². The Kier molecular flexibility index (Phi) is 5.25. The van der Waals surface area contributed by atoms with Gasteiger partial charge in [-0.3, -0.25) is 9.48 Å². The molecular formula is C16H19N5O3S. The Morgan fingerprint density at radius 3 is 2.56 bits per heavy atom. The third-order valence-electron chi connectivity index (χ3n) is 3.67. The zero-order valence-corrected chi connectivity index (χ0v) is 15.3. The molecular weight excluding hydrogens is 342 g/mol. The molecule has 2 rings (SSSR count). The first-order valence-electron chi connectivity index (χ1n) is 7.44. The summed E-state index contributed by atoms with van der Waals surface area (Å²) in [5, 5.41) is 15.9. The molecule has 0 bridgehead atoms. The largest absolute Gasteiger partial charge is 0.323 e. The zero-order chi connectivity index (χ0) is 18.8. The highest BCUT2D eigenvalue weighted by Crippen LogP contribution is 2.22. The van der Waals surface area contributed by atoms with Gasteiger partial charge in [-0.05, 0) is 26.0 Å². The fourth-order valence-electron chi connectivity index (χ4n) is 2.41. The Bertz CT molecular complexity index is 955. The third-order valence-corrected chi connectivity index (χ3v) is 5.74. The Morgan fingerprint density at radius 1 is 1.32 bits per heavy atom. The monoisotopic (exact) mass is 361 g/mol. The number of hydrogen-bond acceptors (Lipinski definition) is 5. The van der Waals surface area contributed by atoms with Gasteiger partial charge in [0.2, 0.25) is 15.9 Å². The number of nitrogens with zero attached hydrogens (tertiary/aromatic N) is 4. The molecule has 8 nitrogen and oxygen atoms in total. The summed E-state index contributed by atoms with van der Waals surface area (Å²) >= 11 is 0. The summed E-state index contributed by atoms with van der Waals surface area (Å²) in [4.78, 5) is 12.4. The maximum absolute atomic E-state index is 12.4. The molecule has 1 amide bonds. The van der Waals surface area contributed by atoms with Crippen molar-refractivity contribution in [2.75, 3.05) is 19.4 Å². The number of anilines is 1. The van der Waals surface area contributed by atoms with Crippen molar-refractivity contribution in [1.82, 2.24) is 14.1 Å². The highest BCUT2D eigenvalue weighted by Gasteiger charge is 2.27. The lowest BCUT2D eigenvalue weighted by atomic mass is 10.2. The zero-order valence-electron chi connectivity index (χ0n) is 14.4. The van der Waals surface area contributed by atoms with E-state index in [0.717, 1.165) is 4.31 Å². The third kappa shape index (κ3) is 3.70. The number of hydrogen-bond donors (Lipinski definition) is 1. The molecule has 9 heteroatoms. The van der Waals surface area contributed by atoms with E-state index in [2.05, 4.69) is 10.4 Å². The second kappa shape index (κ2) is 7.04. The predicted octanol–water partition coefficient (Wildman–Crippen LogP) is 1.26. The van der Waals surface area contributed by atoms with Crippen LogP contribution >= 0.6 is 0 Å². The predicted molar refractivity (Wildman–Crippen MR) is 92.4 cm³/mol. The fourth-order valence-corrected chi connectivity index (χ4v) is 3.66. The highest BCUT2D eigenvalue weighted by molar-refractivity contribution is 7.89. The molecule has 0 saturated heterocycles. The number of para-hydroxylation sites is 1. The van der Waals surface area contributed by atoms with Gasteiger partial charge >= 0.3 is 0 Å². The van der Waals surface area contributed by atoms with Crippen molar-refractivity contribution in [2.24, 2.45) is 0 Å². The highest BCUT2D eigenvalue weighted by atomic mass is 32.2. The van der Waals surface area contributed by atoms with Crippen molar-refractivity contribution >= 4 is 21.6 Å². The van der Waals surface area contributed by atoms with Gasteiger partial charge in [-0.25, -0.2) is 12.7 Å². The molecule has 2 aromatic rings.